The van der Waals surface area contributed by atoms with E-state index < -0.39 is 5.91 Å². The van der Waals surface area contributed by atoms with Crippen molar-refractivity contribution in [1.82, 2.24) is 20.2 Å². The van der Waals surface area contributed by atoms with Crippen LogP contribution in [0, 0.1) is 18.3 Å². The number of aromatic nitrogens is 2. The first-order valence-corrected chi connectivity index (χ1v) is 10.1. The molecule has 1 aromatic heterocycles. The summed E-state index contributed by atoms with van der Waals surface area (Å²) in [4.78, 5) is 47.1. The number of nitrogens with two attached hydrogens (primary N) is 1. The molecule has 3 amide bonds. The molecule has 1 saturated carbocycles. The quantitative estimate of drug-likeness (QED) is 0.780. The van der Waals surface area contributed by atoms with Gasteiger partial charge in [0, 0.05) is 42.4 Å². The van der Waals surface area contributed by atoms with Gasteiger partial charge in [0.15, 0.2) is 0 Å². The van der Waals surface area contributed by atoms with Gasteiger partial charge in [0.25, 0.3) is 11.8 Å². The number of aryl methyl sites for hydroxylation is 1. The maximum Gasteiger partial charge on any atom is 0.274 e. The summed E-state index contributed by atoms with van der Waals surface area (Å²) in [6, 6.07) is 6.39. The Labute approximate surface area is 174 Å². The van der Waals surface area contributed by atoms with Gasteiger partial charge in [-0.1, -0.05) is 12.5 Å². The van der Waals surface area contributed by atoms with Gasteiger partial charge in [-0.3, -0.25) is 19.4 Å². The van der Waals surface area contributed by atoms with E-state index in [9.17, 15) is 14.4 Å². The topological polar surface area (TPSA) is 118 Å². The van der Waals surface area contributed by atoms with E-state index in [1.54, 1.807) is 24.4 Å². The van der Waals surface area contributed by atoms with Crippen molar-refractivity contribution < 1.29 is 14.4 Å². The van der Waals surface area contributed by atoms with Crippen LogP contribution < -0.4 is 11.1 Å². The Morgan fingerprint density at radius 3 is 2.77 bits per heavy atom. The molecule has 2 aromatic rings. The molecule has 1 saturated heterocycles. The molecule has 0 spiro atoms. The van der Waals surface area contributed by atoms with Crippen LogP contribution in [0.3, 0.4) is 0 Å². The molecular formula is C22H25N5O3. The van der Waals surface area contributed by atoms with Crippen molar-refractivity contribution in [1.29, 1.82) is 0 Å². The first kappa shape index (κ1) is 20.0. The standard InChI is InChI=1S/C22H25N5O3/c1-14-9-25-18(10-24-14)21(30)27-11-17-6-3-7-22(17,13-27)12-26-20(29)16-5-2-4-15(8-16)19(23)28/h2,4-5,8-10,17H,3,6-7,11-13H2,1H3,(H2,23,28)(H,26,29)/t17-,22-/m0/s1. The number of hydrogen-bond acceptors (Lipinski definition) is 5. The van der Waals surface area contributed by atoms with Gasteiger partial charge in [-0.25, -0.2) is 4.98 Å². The average Bonchev–Trinajstić information content (AvgIpc) is 3.29. The van der Waals surface area contributed by atoms with Crippen LogP contribution in [0.15, 0.2) is 36.7 Å². The van der Waals surface area contributed by atoms with Crippen LogP contribution >= 0.6 is 0 Å². The molecule has 0 bridgehead atoms. The molecule has 156 valence electrons. The average molecular weight is 407 g/mol. The van der Waals surface area contributed by atoms with Crippen molar-refractivity contribution in [3.05, 3.63) is 59.2 Å². The largest absolute Gasteiger partial charge is 0.366 e. The van der Waals surface area contributed by atoms with Crippen molar-refractivity contribution in [2.45, 2.75) is 26.2 Å². The Kier molecular flexibility index (Phi) is 5.24. The predicted molar refractivity (Wildman–Crippen MR) is 110 cm³/mol. The van der Waals surface area contributed by atoms with Gasteiger partial charge in [-0.15, -0.1) is 0 Å². The van der Waals surface area contributed by atoms with Crippen LogP contribution in [0.25, 0.3) is 0 Å². The lowest BCUT2D eigenvalue weighted by Crippen LogP contribution is -2.41. The molecule has 1 aliphatic heterocycles. The molecule has 8 nitrogen and oxygen atoms in total. The van der Waals surface area contributed by atoms with E-state index in [-0.39, 0.29) is 17.2 Å². The highest BCUT2D eigenvalue weighted by Gasteiger charge is 2.50. The lowest BCUT2D eigenvalue weighted by atomic mass is 9.80. The smallest absolute Gasteiger partial charge is 0.274 e. The number of carbonyl (C=O) groups is 3. The van der Waals surface area contributed by atoms with Crippen LogP contribution in [0.2, 0.25) is 0 Å². The fourth-order valence-electron chi connectivity index (χ4n) is 4.70. The molecule has 2 fully saturated rings. The zero-order valence-electron chi connectivity index (χ0n) is 16.9. The first-order chi connectivity index (χ1) is 14.4. The zero-order chi connectivity index (χ0) is 21.3. The summed E-state index contributed by atoms with van der Waals surface area (Å²) in [6.07, 6.45) is 6.20. The number of amides is 3. The molecule has 1 aromatic carbocycles. The SMILES string of the molecule is Cc1cnc(C(=O)N2C[C@@H]3CCC[C@]3(CNC(=O)c3cccc(C(N)=O)c3)C2)cn1. The van der Waals surface area contributed by atoms with E-state index in [4.69, 9.17) is 5.73 Å². The normalized spacial score (nSPS) is 22.6. The van der Waals surface area contributed by atoms with Crippen molar-refractivity contribution in [2.24, 2.45) is 17.1 Å². The minimum atomic E-state index is -0.566. The number of likely N-dealkylation sites (tertiary alicyclic amines) is 1. The Morgan fingerprint density at radius 2 is 2.03 bits per heavy atom. The zero-order valence-corrected chi connectivity index (χ0v) is 16.9. The summed E-state index contributed by atoms with van der Waals surface area (Å²) < 4.78 is 0. The van der Waals surface area contributed by atoms with Gasteiger partial charge in [0.05, 0.1) is 11.9 Å². The van der Waals surface area contributed by atoms with Crippen LogP contribution in [-0.2, 0) is 0 Å². The lowest BCUT2D eigenvalue weighted by Gasteiger charge is -2.29. The molecule has 0 unspecified atom stereocenters. The summed E-state index contributed by atoms with van der Waals surface area (Å²) in [5, 5.41) is 3.02. The summed E-state index contributed by atoms with van der Waals surface area (Å²) >= 11 is 0. The number of benzene rings is 1. The van der Waals surface area contributed by atoms with Gasteiger partial charge in [-0.2, -0.15) is 0 Å². The van der Waals surface area contributed by atoms with Crippen LogP contribution in [-0.4, -0.2) is 52.2 Å². The minimum absolute atomic E-state index is 0.114. The monoisotopic (exact) mass is 407 g/mol. The number of nitrogens with one attached hydrogen (secondary N) is 1. The van der Waals surface area contributed by atoms with Gasteiger partial charge in [0.1, 0.15) is 5.69 Å². The predicted octanol–water partition coefficient (Wildman–Crippen LogP) is 1.56. The summed E-state index contributed by atoms with van der Waals surface area (Å²) in [5.41, 5.74) is 6.99. The molecule has 2 atom stereocenters. The number of nitrogens with zero attached hydrogens (tertiary/aromatic N) is 3. The highest BCUT2D eigenvalue weighted by Crippen LogP contribution is 2.48. The molecule has 1 aliphatic carbocycles. The second-order valence-electron chi connectivity index (χ2n) is 8.31. The first-order valence-electron chi connectivity index (χ1n) is 10.1. The van der Waals surface area contributed by atoms with Crippen LogP contribution in [0.5, 0.6) is 0 Å². The Hall–Kier alpha value is -3.29. The fraction of sp³-hybridized carbons (Fsp3) is 0.409. The Bertz CT molecular complexity index is 991. The van der Waals surface area contributed by atoms with E-state index in [1.165, 1.54) is 12.3 Å². The molecule has 2 heterocycles. The molecule has 30 heavy (non-hydrogen) atoms. The van der Waals surface area contributed by atoms with Crippen molar-refractivity contribution in [3.63, 3.8) is 0 Å². The van der Waals surface area contributed by atoms with Gasteiger partial charge in [-0.05, 0) is 43.9 Å². The van der Waals surface area contributed by atoms with Gasteiger partial charge < -0.3 is 16.0 Å². The second-order valence-corrected chi connectivity index (χ2v) is 8.31. The van der Waals surface area contributed by atoms with Gasteiger partial charge in [0.2, 0.25) is 5.91 Å². The number of fused-ring (bicyclic) bond motifs is 1. The third kappa shape index (κ3) is 3.77. The third-order valence-electron chi connectivity index (χ3n) is 6.34. The maximum atomic E-state index is 12.9. The molecule has 2 aliphatic rings. The number of carbonyl (C=O) groups excluding carboxylic acids is 3. The third-order valence-corrected chi connectivity index (χ3v) is 6.34. The number of rotatable bonds is 5. The molecular weight excluding hydrogens is 382 g/mol. The molecule has 3 N–H and O–H groups in total. The summed E-state index contributed by atoms with van der Waals surface area (Å²) in [5.74, 6) is -0.579. The highest BCUT2D eigenvalue weighted by molar-refractivity contribution is 5.99. The highest BCUT2D eigenvalue weighted by atomic mass is 16.2. The molecule has 8 heteroatoms. The van der Waals surface area contributed by atoms with Crippen molar-refractivity contribution >= 4 is 17.7 Å². The van der Waals surface area contributed by atoms with E-state index in [0.717, 1.165) is 25.0 Å². The van der Waals surface area contributed by atoms with Crippen LogP contribution in [0.4, 0.5) is 0 Å². The molecule has 0 radical (unpaired) electrons. The van der Waals surface area contributed by atoms with Gasteiger partial charge >= 0.3 is 0 Å². The summed E-state index contributed by atoms with van der Waals surface area (Å²) in [6.45, 7) is 3.58. The minimum Gasteiger partial charge on any atom is -0.366 e. The van der Waals surface area contributed by atoms with Crippen LogP contribution in [0.1, 0.15) is 56.2 Å². The fourth-order valence-corrected chi connectivity index (χ4v) is 4.70. The second kappa shape index (κ2) is 7.85. The van der Waals surface area contributed by atoms with E-state index in [0.29, 0.717) is 42.4 Å². The lowest BCUT2D eigenvalue weighted by molar-refractivity contribution is 0.0760. The number of primary amides is 1. The van der Waals surface area contributed by atoms with E-state index >= 15 is 0 Å². The van der Waals surface area contributed by atoms with E-state index in [1.807, 2.05) is 11.8 Å². The Balaban J connectivity index is 1.45. The maximum absolute atomic E-state index is 12.9. The Morgan fingerprint density at radius 1 is 1.23 bits per heavy atom. The van der Waals surface area contributed by atoms with Crippen molar-refractivity contribution in [2.75, 3.05) is 19.6 Å². The summed E-state index contributed by atoms with van der Waals surface area (Å²) in [7, 11) is 0. The molecule has 4 rings (SSSR count). The van der Waals surface area contributed by atoms with E-state index in [2.05, 4.69) is 15.3 Å². The number of hydrogen-bond donors (Lipinski definition) is 2. The van der Waals surface area contributed by atoms with Crippen molar-refractivity contribution in [3.8, 4) is 0 Å².